The van der Waals surface area contributed by atoms with E-state index in [1.807, 2.05) is 18.3 Å². The lowest BCUT2D eigenvalue weighted by molar-refractivity contribution is 0.722. The number of pyridine rings is 1. The van der Waals surface area contributed by atoms with Crippen LogP contribution in [0.5, 0.6) is 0 Å². The molecule has 1 saturated carbocycles. The fraction of sp³-hybridized carbons (Fsp3) is 0.353. The molecule has 0 aromatic carbocycles. The molecule has 0 saturated heterocycles. The van der Waals surface area contributed by atoms with E-state index < -0.39 is 0 Å². The predicted octanol–water partition coefficient (Wildman–Crippen LogP) is 3.29. The first-order valence-corrected chi connectivity index (χ1v) is 9.78. The molecule has 1 N–H and O–H groups in total. The normalized spacial score (nSPS) is 13.9. The third kappa shape index (κ3) is 3.52. The van der Waals surface area contributed by atoms with Gasteiger partial charge in [-0.05, 0) is 42.3 Å². The molecule has 3 aromatic heterocycles. The topological polar surface area (TPSA) is 85.6 Å². The monoisotopic (exact) mass is 388 g/mol. The Bertz CT molecular complexity index is 1000. The lowest BCUT2D eigenvalue weighted by Crippen LogP contribution is -2.25. The van der Waals surface area contributed by atoms with E-state index in [0.717, 1.165) is 29.2 Å². The Morgan fingerprint density at radius 3 is 2.81 bits per heavy atom. The van der Waals surface area contributed by atoms with Gasteiger partial charge in [-0.1, -0.05) is 6.92 Å². The minimum absolute atomic E-state index is 0.114. The second-order valence-electron chi connectivity index (χ2n) is 5.99. The zero-order valence-corrected chi connectivity index (χ0v) is 15.7. The summed E-state index contributed by atoms with van der Waals surface area (Å²) in [5.41, 5.74) is 1.69. The van der Waals surface area contributed by atoms with Gasteiger partial charge in [0.1, 0.15) is 5.52 Å². The first kappa shape index (κ1) is 17.2. The van der Waals surface area contributed by atoms with Gasteiger partial charge in [-0.2, -0.15) is 4.98 Å². The van der Waals surface area contributed by atoms with Crippen LogP contribution in [0, 0.1) is 0 Å². The van der Waals surface area contributed by atoms with Gasteiger partial charge in [-0.25, -0.2) is 9.97 Å². The molecular weight excluding hydrogens is 372 g/mol. The number of fused-ring (bicyclic) bond motifs is 1. The van der Waals surface area contributed by atoms with E-state index in [1.165, 1.54) is 0 Å². The molecule has 26 heavy (non-hydrogen) atoms. The van der Waals surface area contributed by atoms with Gasteiger partial charge in [0.15, 0.2) is 11.5 Å². The summed E-state index contributed by atoms with van der Waals surface area (Å²) < 4.78 is 1.67. The molecule has 1 aliphatic rings. The van der Waals surface area contributed by atoms with Gasteiger partial charge >= 0.3 is 0 Å². The van der Waals surface area contributed by atoms with Crippen molar-refractivity contribution in [1.82, 2.24) is 24.5 Å². The number of anilines is 1. The Morgan fingerprint density at radius 2 is 2.12 bits per heavy atom. The quantitative estimate of drug-likeness (QED) is 0.512. The molecule has 1 aliphatic carbocycles. The van der Waals surface area contributed by atoms with Crippen molar-refractivity contribution in [3.8, 4) is 0 Å². The molecular formula is C17H17ClN6OS. The molecule has 3 aromatic rings. The molecule has 0 amide bonds. The smallest absolute Gasteiger partial charge is 0.295 e. The van der Waals surface area contributed by atoms with Crippen LogP contribution in [0.4, 0.5) is 5.82 Å². The van der Waals surface area contributed by atoms with Crippen LogP contribution in [0.2, 0.25) is 5.28 Å². The summed E-state index contributed by atoms with van der Waals surface area (Å²) in [6.45, 7) is 2.53. The number of aromatic nitrogens is 5. The Morgan fingerprint density at radius 1 is 1.27 bits per heavy atom. The highest BCUT2D eigenvalue weighted by Crippen LogP contribution is 2.35. The first-order valence-electron chi connectivity index (χ1n) is 8.42. The van der Waals surface area contributed by atoms with Crippen LogP contribution in [0.3, 0.4) is 0 Å². The highest BCUT2D eigenvalue weighted by Gasteiger charge is 2.28. The number of hydrogen-bond donors (Lipinski definition) is 1. The van der Waals surface area contributed by atoms with Crippen LogP contribution in [-0.4, -0.2) is 30.3 Å². The number of rotatable bonds is 6. The van der Waals surface area contributed by atoms with E-state index in [2.05, 4.69) is 32.2 Å². The van der Waals surface area contributed by atoms with Crippen LogP contribution in [-0.2, 0) is 6.54 Å². The third-order valence-corrected chi connectivity index (χ3v) is 5.11. The zero-order valence-electron chi connectivity index (χ0n) is 14.1. The van der Waals surface area contributed by atoms with Crippen molar-refractivity contribution >= 4 is 40.3 Å². The Labute approximate surface area is 159 Å². The summed E-state index contributed by atoms with van der Waals surface area (Å²) in [5, 5.41) is 3.22. The van der Waals surface area contributed by atoms with Crippen LogP contribution in [0.15, 0.2) is 34.2 Å². The lowest BCUT2D eigenvalue weighted by Gasteiger charge is -2.11. The van der Waals surface area contributed by atoms with Crippen molar-refractivity contribution in [3.63, 3.8) is 0 Å². The minimum atomic E-state index is -0.187. The second kappa shape index (κ2) is 7.20. The summed E-state index contributed by atoms with van der Waals surface area (Å²) in [6, 6.07) is 4.14. The number of nitrogens with one attached hydrogen (secondary N) is 1. The summed E-state index contributed by atoms with van der Waals surface area (Å²) in [4.78, 5) is 31.0. The molecule has 1 fully saturated rings. The average molecular weight is 389 g/mol. The van der Waals surface area contributed by atoms with Crippen molar-refractivity contribution in [2.75, 3.05) is 11.1 Å². The van der Waals surface area contributed by atoms with Gasteiger partial charge in [0.2, 0.25) is 5.28 Å². The third-order valence-electron chi connectivity index (χ3n) is 4.06. The average Bonchev–Trinajstić information content (AvgIpc) is 3.46. The summed E-state index contributed by atoms with van der Waals surface area (Å²) in [6.07, 6.45) is 5.30. The van der Waals surface area contributed by atoms with Gasteiger partial charge in [0.05, 0.1) is 18.4 Å². The Kier molecular flexibility index (Phi) is 4.78. The van der Waals surface area contributed by atoms with E-state index in [0.29, 0.717) is 17.7 Å². The van der Waals surface area contributed by atoms with Gasteiger partial charge in [-0.15, -0.1) is 11.8 Å². The number of thioether (sulfide) groups is 1. The molecule has 0 aliphatic heterocycles. The van der Waals surface area contributed by atoms with Crippen LogP contribution >= 0.6 is 23.4 Å². The van der Waals surface area contributed by atoms with Gasteiger partial charge in [0, 0.05) is 17.1 Å². The molecule has 7 nitrogen and oxygen atoms in total. The molecule has 0 bridgehead atoms. The highest BCUT2D eigenvalue weighted by atomic mass is 35.5. The molecule has 9 heteroatoms. The van der Waals surface area contributed by atoms with Crippen LogP contribution in [0.25, 0.3) is 11.2 Å². The second-order valence-corrected chi connectivity index (χ2v) is 7.66. The van der Waals surface area contributed by atoms with Crippen molar-refractivity contribution < 1.29 is 0 Å². The molecule has 3 heterocycles. The first-order chi connectivity index (χ1) is 12.7. The maximum absolute atomic E-state index is 12.8. The summed E-state index contributed by atoms with van der Waals surface area (Å²) in [5.74, 6) is 1.29. The van der Waals surface area contributed by atoms with E-state index in [4.69, 9.17) is 11.6 Å². The summed E-state index contributed by atoms with van der Waals surface area (Å²) >= 11 is 7.64. The zero-order chi connectivity index (χ0) is 18.1. The van der Waals surface area contributed by atoms with Crippen molar-refractivity contribution in [1.29, 1.82) is 0 Å². The predicted molar refractivity (Wildman–Crippen MR) is 103 cm³/mol. The molecule has 134 valence electrons. The van der Waals surface area contributed by atoms with Crippen LogP contribution < -0.4 is 10.9 Å². The van der Waals surface area contributed by atoms with E-state index in [9.17, 15) is 4.79 Å². The molecule has 0 unspecified atom stereocenters. The maximum atomic E-state index is 12.8. The summed E-state index contributed by atoms with van der Waals surface area (Å²) in [7, 11) is 0. The van der Waals surface area contributed by atoms with Crippen molar-refractivity contribution in [2.24, 2.45) is 0 Å². The van der Waals surface area contributed by atoms with Gasteiger partial charge < -0.3 is 5.32 Å². The Hall–Kier alpha value is -2.19. The standard InChI is InChI=1S/C17H17ClN6OS/c1-2-26-12-6-3-10(19-8-12)7-20-14-16(25)24(11-4-5-11)15-13(22-14)9-21-17(18)23-15/h3,6,8-9,11H,2,4-5,7H2,1H3,(H,20,22). The highest BCUT2D eigenvalue weighted by molar-refractivity contribution is 7.99. The lowest BCUT2D eigenvalue weighted by atomic mass is 10.3. The minimum Gasteiger partial charge on any atom is -0.360 e. The Balaban J connectivity index is 1.63. The number of hydrogen-bond acceptors (Lipinski definition) is 7. The van der Waals surface area contributed by atoms with Crippen molar-refractivity contribution in [2.45, 2.75) is 37.2 Å². The van der Waals surface area contributed by atoms with Gasteiger partial charge in [0.25, 0.3) is 5.56 Å². The fourth-order valence-electron chi connectivity index (χ4n) is 2.71. The fourth-order valence-corrected chi connectivity index (χ4v) is 3.46. The van der Waals surface area contributed by atoms with Gasteiger partial charge in [-0.3, -0.25) is 14.3 Å². The molecule has 0 atom stereocenters. The molecule has 0 spiro atoms. The maximum Gasteiger partial charge on any atom is 0.295 e. The SMILES string of the molecule is CCSc1ccc(CNc2nc3cnc(Cl)nc3n(C3CC3)c2=O)nc1. The number of halogens is 1. The molecule has 0 radical (unpaired) electrons. The van der Waals surface area contributed by atoms with Crippen molar-refractivity contribution in [3.05, 3.63) is 45.9 Å². The molecule has 4 rings (SSSR count). The number of nitrogens with zero attached hydrogens (tertiary/aromatic N) is 5. The van der Waals surface area contributed by atoms with E-state index in [1.54, 1.807) is 22.5 Å². The van der Waals surface area contributed by atoms with Crippen LogP contribution in [0.1, 0.15) is 31.5 Å². The van der Waals surface area contributed by atoms with E-state index in [-0.39, 0.29) is 22.7 Å². The van der Waals surface area contributed by atoms with E-state index >= 15 is 0 Å². The largest absolute Gasteiger partial charge is 0.360 e.